The van der Waals surface area contributed by atoms with Crippen molar-refractivity contribution in [3.05, 3.63) is 35.4 Å². The second-order valence-corrected chi connectivity index (χ2v) is 5.26. The Morgan fingerprint density at radius 2 is 1.83 bits per heavy atom. The number of hydrogen-bond acceptors (Lipinski definition) is 2. The van der Waals surface area contributed by atoms with Crippen LogP contribution in [0.4, 0.5) is 0 Å². The molecule has 2 nitrogen and oxygen atoms in total. The topological polar surface area (TPSA) is 21.3 Å². The molecule has 2 rings (SSSR count). The minimum Gasteiger partial charge on any atom is -0.370 e. The van der Waals surface area contributed by atoms with Crippen molar-refractivity contribution in [3.8, 4) is 0 Å². The Morgan fingerprint density at radius 3 is 2.50 bits per heavy atom. The first kappa shape index (κ1) is 13.6. The zero-order valence-corrected chi connectivity index (χ0v) is 11.5. The van der Waals surface area contributed by atoms with Crippen LogP contribution in [0.1, 0.15) is 49.1 Å². The fourth-order valence-corrected chi connectivity index (χ4v) is 2.80. The number of rotatable bonds is 6. The first-order valence-corrected chi connectivity index (χ1v) is 7.18. The van der Waals surface area contributed by atoms with Crippen LogP contribution in [-0.4, -0.2) is 20.4 Å². The van der Waals surface area contributed by atoms with Crippen LogP contribution in [0.3, 0.4) is 0 Å². The molecule has 0 radical (unpaired) electrons. The molecule has 0 saturated heterocycles. The van der Waals surface area contributed by atoms with Gasteiger partial charge in [0.25, 0.3) is 0 Å². The molecule has 0 unspecified atom stereocenters. The van der Waals surface area contributed by atoms with Crippen LogP contribution in [0, 0.1) is 0 Å². The monoisotopic (exact) mass is 247 g/mol. The number of ether oxygens (including phenoxy) is 1. The second kappa shape index (κ2) is 7.55. The Labute approximate surface area is 111 Å². The van der Waals surface area contributed by atoms with Crippen LogP contribution in [0.2, 0.25) is 0 Å². The standard InChI is InChI=1S/C16H25NO/c1-18-13-17-12-11-14-7-9-16(10-8-14)15-5-3-2-4-6-15/h7-10,15,17H,2-6,11-13H2,1H3. The second-order valence-electron chi connectivity index (χ2n) is 5.26. The van der Waals surface area contributed by atoms with Crippen LogP contribution in [0.5, 0.6) is 0 Å². The van der Waals surface area contributed by atoms with E-state index in [0.29, 0.717) is 6.73 Å². The van der Waals surface area contributed by atoms with E-state index in [0.717, 1.165) is 18.9 Å². The molecule has 0 atom stereocenters. The molecule has 0 aliphatic heterocycles. The average Bonchev–Trinajstić information content (AvgIpc) is 2.45. The molecule has 1 aromatic carbocycles. The minimum absolute atomic E-state index is 0.639. The van der Waals surface area contributed by atoms with Crippen molar-refractivity contribution < 1.29 is 4.74 Å². The Kier molecular flexibility index (Phi) is 5.69. The molecule has 1 aromatic rings. The summed E-state index contributed by atoms with van der Waals surface area (Å²) >= 11 is 0. The molecule has 18 heavy (non-hydrogen) atoms. The molecule has 1 saturated carbocycles. The summed E-state index contributed by atoms with van der Waals surface area (Å²) in [6.45, 7) is 1.62. The summed E-state index contributed by atoms with van der Waals surface area (Å²) in [5.41, 5.74) is 2.96. The summed E-state index contributed by atoms with van der Waals surface area (Å²) in [7, 11) is 1.71. The molecule has 0 aromatic heterocycles. The molecule has 1 fully saturated rings. The van der Waals surface area contributed by atoms with Gasteiger partial charge >= 0.3 is 0 Å². The predicted octanol–water partition coefficient (Wildman–Crippen LogP) is 3.47. The van der Waals surface area contributed by atoms with E-state index in [4.69, 9.17) is 4.74 Å². The molecule has 1 N–H and O–H groups in total. The van der Waals surface area contributed by atoms with E-state index >= 15 is 0 Å². The summed E-state index contributed by atoms with van der Waals surface area (Å²) in [4.78, 5) is 0. The lowest BCUT2D eigenvalue weighted by Gasteiger charge is -2.22. The van der Waals surface area contributed by atoms with Crippen LogP contribution in [0.15, 0.2) is 24.3 Å². The van der Waals surface area contributed by atoms with Gasteiger partial charge in [-0.25, -0.2) is 0 Å². The Bertz CT molecular complexity index is 327. The van der Waals surface area contributed by atoms with Crippen molar-refractivity contribution in [2.75, 3.05) is 20.4 Å². The van der Waals surface area contributed by atoms with Gasteiger partial charge in [0.15, 0.2) is 0 Å². The van der Waals surface area contributed by atoms with Gasteiger partial charge in [0.1, 0.15) is 0 Å². The highest BCUT2D eigenvalue weighted by molar-refractivity contribution is 5.25. The normalized spacial score (nSPS) is 16.9. The number of methoxy groups -OCH3 is 1. The van der Waals surface area contributed by atoms with Gasteiger partial charge in [-0.05, 0) is 36.3 Å². The third kappa shape index (κ3) is 4.11. The van der Waals surface area contributed by atoms with E-state index < -0.39 is 0 Å². The fraction of sp³-hybridized carbons (Fsp3) is 0.625. The van der Waals surface area contributed by atoms with E-state index in [2.05, 4.69) is 29.6 Å². The minimum atomic E-state index is 0.639. The highest BCUT2D eigenvalue weighted by Crippen LogP contribution is 2.32. The molecule has 100 valence electrons. The van der Waals surface area contributed by atoms with Crippen molar-refractivity contribution in [2.24, 2.45) is 0 Å². The molecule has 0 heterocycles. The lowest BCUT2D eigenvalue weighted by Crippen LogP contribution is -2.19. The average molecular weight is 247 g/mol. The summed E-state index contributed by atoms with van der Waals surface area (Å²) < 4.78 is 4.97. The van der Waals surface area contributed by atoms with Crippen molar-refractivity contribution >= 4 is 0 Å². The third-order valence-corrected chi connectivity index (χ3v) is 3.89. The maximum Gasteiger partial charge on any atom is 0.0961 e. The SMILES string of the molecule is COCNCCc1ccc(C2CCCCC2)cc1. The molecule has 0 amide bonds. The molecule has 0 bridgehead atoms. The van der Waals surface area contributed by atoms with Gasteiger partial charge in [-0.2, -0.15) is 0 Å². The van der Waals surface area contributed by atoms with Gasteiger partial charge in [0, 0.05) is 13.7 Å². The Balaban J connectivity index is 1.81. The Hall–Kier alpha value is -0.860. The van der Waals surface area contributed by atoms with Crippen molar-refractivity contribution in [1.82, 2.24) is 5.32 Å². The zero-order chi connectivity index (χ0) is 12.6. The van der Waals surface area contributed by atoms with Gasteiger partial charge in [-0.1, -0.05) is 43.5 Å². The van der Waals surface area contributed by atoms with Crippen molar-refractivity contribution in [1.29, 1.82) is 0 Å². The largest absolute Gasteiger partial charge is 0.370 e. The van der Waals surface area contributed by atoms with E-state index in [1.54, 1.807) is 12.7 Å². The molecular formula is C16H25NO. The van der Waals surface area contributed by atoms with Crippen LogP contribution in [-0.2, 0) is 11.2 Å². The molecule has 1 aliphatic rings. The molecule has 0 spiro atoms. The maximum absolute atomic E-state index is 4.97. The quantitative estimate of drug-likeness (QED) is 0.614. The van der Waals surface area contributed by atoms with Crippen molar-refractivity contribution in [2.45, 2.75) is 44.4 Å². The summed E-state index contributed by atoms with van der Waals surface area (Å²) in [6, 6.07) is 9.25. The van der Waals surface area contributed by atoms with Gasteiger partial charge in [-0.3, -0.25) is 5.32 Å². The van der Waals surface area contributed by atoms with Gasteiger partial charge in [-0.15, -0.1) is 0 Å². The van der Waals surface area contributed by atoms with Crippen LogP contribution < -0.4 is 5.32 Å². The summed E-state index contributed by atoms with van der Waals surface area (Å²) in [6.07, 6.45) is 8.10. The van der Waals surface area contributed by atoms with Crippen molar-refractivity contribution in [3.63, 3.8) is 0 Å². The highest BCUT2D eigenvalue weighted by atomic mass is 16.5. The third-order valence-electron chi connectivity index (χ3n) is 3.89. The highest BCUT2D eigenvalue weighted by Gasteiger charge is 2.14. The van der Waals surface area contributed by atoms with Gasteiger partial charge in [0.2, 0.25) is 0 Å². The van der Waals surface area contributed by atoms with Crippen LogP contribution in [0.25, 0.3) is 0 Å². The number of benzene rings is 1. The number of hydrogen-bond donors (Lipinski definition) is 1. The molecular weight excluding hydrogens is 222 g/mol. The lowest BCUT2D eigenvalue weighted by atomic mass is 9.84. The fourth-order valence-electron chi connectivity index (χ4n) is 2.80. The molecule has 2 heteroatoms. The Morgan fingerprint density at radius 1 is 1.11 bits per heavy atom. The lowest BCUT2D eigenvalue weighted by molar-refractivity contribution is 0.176. The number of nitrogens with one attached hydrogen (secondary N) is 1. The van der Waals surface area contributed by atoms with E-state index in [1.165, 1.54) is 37.7 Å². The summed E-state index contributed by atoms with van der Waals surface area (Å²) in [5.74, 6) is 0.819. The summed E-state index contributed by atoms with van der Waals surface area (Å²) in [5, 5.41) is 3.24. The maximum atomic E-state index is 4.97. The smallest absolute Gasteiger partial charge is 0.0961 e. The van der Waals surface area contributed by atoms with Crippen LogP contribution >= 0.6 is 0 Å². The van der Waals surface area contributed by atoms with E-state index in [9.17, 15) is 0 Å². The van der Waals surface area contributed by atoms with E-state index in [-0.39, 0.29) is 0 Å². The van der Waals surface area contributed by atoms with Gasteiger partial charge in [0.05, 0.1) is 6.73 Å². The van der Waals surface area contributed by atoms with Gasteiger partial charge < -0.3 is 4.74 Å². The first-order valence-electron chi connectivity index (χ1n) is 7.18. The molecule has 1 aliphatic carbocycles. The van der Waals surface area contributed by atoms with E-state index in [1.807, 2.05) is 0 Å². The zero-order valence-electron chi connectivity index (χ0n) is 11.5. The first-order chi connectivity index (χ1) is 8.90. The predicted molar refractivity (Wildman–Crippen MR) is 75.9 cm³/mol.